The van der Waals surface area contributed by atoms with E-state index in [1.165, 1.54) is 10.5 Å². The van der Waals surface area contributed by atoms with Crippen LogP contribution in [0.1, 0.15) is 10.4 Å². The first-order valence-electron chi connectivity index (χ1n) is 6.81. The van der Waals surface area contributed by atoms with Gasteiger partial charge in [0.2, 0.25) is 0 Å². The zero-order chi connectivity index (χ0) is 14.2. The second-order valence-electron chi connectivity index (χ2n) is 4.94. The molecule has 0 bridgehead atoms. The van der Waals surface area contributed by atoms with E-state index >= 15 is 0 Å². The van der Waals surface area contributed by atoms with Crippen molar-refractivity contribution in [2.24, 2.45) is 0 Å². The summed E-state index contributed by atoms with van der Waals surface area (Å²) in [6, 6.07) is 10.3. The minimum absolute atomic E-state index is 0.812. The van der Waals surface area contributed by atoms with E-state index in [1.54, 1.807) is 18.4 Å². The highest BCUT2D eigenvalue weighted by Gasteiger charge is 2.19. The molecule has 0 spiro atoms. The third-order valence-corrected chi connectivity index (χ3v) is 4.67. The quantitative estimate of drug-likeness (QED) is 0.766. The van der Waals surface area contributed by atoms with Crippen LogP contribution in [0.4, 0.5) is 5.69 Å². The fourth-order valence-electron chi connectivity index (χ4n) is 2.73. The molecule has 1 aromatic carbocycles. The van der Waals surface area contributed by atoms with Gasteiger partial charge in [0.05, 0.1) is 18.3 Å². The molecule has 4 heteroatoms. The molecule has 2 aromatic heterocycles. The van der Waals surface area contributed by atoms with Gasteiger partial charge in [-0.2, -0.15) is 0 Å². The zero-order valence-corrected chi connectivity index (χ0v) is 12.4. The maximum Gasteiger partial charge on any atom is 0.128 e. The first kappa shape index (κ1) is 12.4. The van der Waals surface area contributed by atoms with Gasteiger partial charge in [-0.3, -0.25) is 4.98 Å². The smallest absolute Gasteiger partial charge is 0.128 e. The number of aromatic nitrogens is 1. The van der Waals surface area contributed by atoms with Crippen molar-refractivity contribution in [3.63, 3.8) is 0 Å². The van der Waals surface area contributed by atoms with E-state index in [4.69, 9.17) is 4.74 Å². The van der Waals surface area contributed by atoms with Crippen LogP contribution in [0.2, 0.25) is 0 Å². The summed E-state index contributed by atoms with van der Waals surface area (Å²) in [6.07, 6.45) is 4.04. The fourth-order valence-corrected chi connectivity index (χ4v) is 3.48. The Bertz CT molecular complexity index is 837. The highest BCUT2D eigenvalue weighted by atomic mass is 32.1. The topological polar surface area (TPSA) is 34.1 Å². The van der Waals surface area contributed by atoms with Crippen LogP contribution in [-0.4, -0.2) is 18.6 Å². The third-order valence-electron chi connectivity index (χ3n) is 3.73. The van der Waals surface area contributed by atoms with Crippen LogP contribution in [0.5, 0.6) is 5.75 Å². The highest BCUT2D eigenvalue weighted by molar-refractivity contribution is 7.11. The van der Waals surface area contributed by atoms with Gasteiger partial charge < -0.3 is 10.1 Å². The van der Waals surface area contributed by atoms with E-state index in [1.807, 2.05) is 12.3 Å². The van der Waals surface area contributed by atoms with E-state index in [-0.39, 0.29) is 0 Å². The molecular formula is C17H14N2OS. The first-order valence-corrected chi connectivity index (χ1v) is 7.69. The van der Waals surface area contributed by atoms with Crippen molar-refractivity contribution in [3.05, 3.63) is 52.3 Å². The van der Waals surface area contributed by atoms with E-state index in [0.29, 0.717) is 0 Å². The largest absolute Gasteiger partial charge is 0.496 e. The fraction of sp³-hybridized carbons (Fsp3) is 0.118. The number of benzene rings is 1. The van der Waals surface area contributed by atoms with Crippen LogP contribution in [0.3, 0.4) is 0 Å². The standard InChI is InChI=1S/C17H14N2OS/c1-20-14-9-11-4-2-6-18-16(11)17-13(14)8-12(10-19-17)15-5-3-7-21-15/h2-9,19H,10H2,1H3. The number of ether oxygens (including phenoxy) is 1. The van der Waals surface area contributed by atoms with Gasteiger partial charge in [-0.05, 0) is 35.2 Å². The van der Waals surface area contributed by atoms with Gasteiger partial charge in [-0.25, -0.2) is 0 Å². The van der Waals surface area contributed by atoms with Crippen molar-refractivity contribution in [2.45, 2.75) is 0 Å². The molecule has 0 radical (unpaired) electrons. The molecule has 104 valence electrons. The molecular weight excluding hydrogens is 280 g/mol. The number of rotatable bonds is 2. The third kappa shape index (κ3) is 1.99. The van der Waals surface area contributed by atoms with E-state index < -0.39 is 0 Å². The molecule has 0 saturated heterocycles. The van der Waals surface area contributed by atoms with Gasteiger partial charge in [0, 0.05) is 28.6 Å². The average molecular weight is 294 g/mol. The summed E-state index contributed by atoms with van der Waals surface area (Å²) in [4.78, 5) is 5.80. The minimum Gasteiger partial charge on any atom is -0.496 e. The molecule has 0 amide bonds. The molecule has 0 saturated carbocycles. The van der Waals surface area contributed by atoms with Gasteiger partial charge in [-0.15, -0.1) is 11.3 Å². The Labute approximate surface area is 126 Å². The monoisotopic (exact) mass is 294 g/mol. The normalized spacial score (nSPS) is 13.5. The Kier molecular flexibility index (Phi) is 2.89. The van der Waals surface area contributed by atoms with Crippen LogP contribution >= 0.6 is 11.3 Å². The van der Waals surface area contributed by atoms with Crippen molar-refractivity contribution >= 4 is 39.6 Å². The summed E-state index contributed by atoms with van der Waals surface area (Å²) in [5.41, 5.74) is 4.42. The molecule has 1 aliphatic rings. The lowest BCUT2D eigenvalue weighted by Gasteiger charge is -2.21. The van der Waals surface area contributed by atoms with E-state index in [2.05, 4.69) is 46.0 Å². The summed E-state index contributed by atoms with van der Waals surface area (Å²) in [6.45, 7) is 0.812. The Hall–Kier alpha value is -2.33. The first-order chi connectivity index (χ1) is 10.4. The molecule has 3 aromatic rings. The summed E-state index contributed by atoms with van der Waals surface area (Å²) >= 11 is 1.76. The van der Waals surface area contributed by atoms with E-state index in [0.717, 1.165) is 34.4 Å². The second-order valence-corrected chi connectivity index (χ2v) is 5.89. The lowest BCUT2D eigenvalue weighted by molar-refractivity contribution is 0.414. The van der Waals surface area contributed by atoms with Crippen molar-refractivity contribution in [1.82, 2.24) is 4.98 Å². The number of hydrogen-bond acceptors (Lipinski definition) is 4. The lowest BCUT2D eigenvalue weighted by Crippen LogP contribution is -2.11. The van der Waals surface area contributed by atoms with Gasteiger partial charge in [0.15, 0.2) is 0 Å². The highest BCUT2D eigenvalue weighted by Crippen LogP contribution is 2.40. The van der Waals surface area contributed by atoms with Gasteiger partial charge >= 0.3 is 0 Å². The number of thiophene rings is 1. The van der Waals surface area contributed by atoms with Crippen LogP contribution in [0, 0.1) is 0 Å². The summed E-state index contributed by atoms with van der Waals surface area (Å²) < 4.78 is 5.58. The van der Waals surface area contributed by atoms with Crippen LogP contribution in [0.15, 0.2) is 41.9 Å². The van der Waals surface area contributed by atoms with Crippen molar-refractivity contribution in [1.29, 1.82) is 0 Å². The second kappa shape index (κ2) is 4.90. The zero-order valence-electron chi connectivity index (χ0n) is 11.6. The predicted molar refractivity (Wildman–Crippen MR) is 89.0 cm³/mol. The SMILES string of the molecule is COc1cc2cccnc2c2c1C=C(c1cccs1)CN2. The molecule has 4 rings (SSSR count). The average Bonchev–Trinajstić information content (AvgIpc) is 3.08. The molecule has 0 fully saturated rings. The number of methoxy groups -OCH3 is 1. The summed E-state index contributed by atoms with van der Waals surface area (Å²) in [5, 5.41) is 6.71. The molecule has 0 unspecified atom stereocenters. The predicted octanol–water partition coefficient (Wildman–Crippen LogP) is 4.27. The summed E-state index contributed by atoms with van der Waals surface area (Å²) in [7, 11) is 1.71. The Morgan fingerprint density at radius 3 is 3.05 bits per heavy atom. The maximum absolute atomic E-state index is 5.58. The molecule has 1 N–H and O–H groups in total. The van der Waals surface area contributed by atoms with E-state index in [9.17, 15) is 0 Å². The van der Waals surface area contributed by atoms with Gasteiger partial charge in [0.1, 0.15) is 5.75 Å². The van der Waals surface area contributed by atoms with Gasteiger partial charge in [-0.1, -0.05) is 12.1 Å². The Balaban J connectivity index is 1.97. The number of pyridine rings is 1. The van der Waals surface area contributed by atoms with Crippen molar-refractivity contribution in [3.8, 4) is 5.75 Å². The Morgan fingerprint density at radius 2 is 2.24 bits per heavy atom. The lowest BCUT2D eigenvalue weighted by atomic mass is 9.99. The van der Waals surface area contributed by atoms with Gasteiger partial charge in [0.25, 0.3) is 0 Å². The van der Waals surface area contributed by atoms with Crippen molar-refractivity contribution < 1.29 is 4.74 Å². The van der Waals surface area contributed by atoms with Crippen LogP contribution in [0.25, 0.3) is 22.6 Å². The molecule has 3 heterocycles. The minimum atomic E-state index is 0.812. The number of fused-ring (bicyclic) bond motifs is 3. The number of nitrogens with zero attached hydrogens (tertiary/aromatic N) is 1. The molecule has 0 aliphatic carbocycles. The van der Waals surface area contributed by atoms with Crippen LogP contribution < -0.4 is 10.1 Å². The maximum atomic E-state index is 5.58. The number of hydrogen-bond donors (Lipinski definition) is 1. The number of anilines is 1. The molecule has 3 nitrogen and oxygen atoms in total. The molecule has 0 atom stereocenters. The Morgan fingerprint density at radius 1 is 1.29 bits per heavy atom. The number of nitrogens with one attached hydrogen (secondary N) is 1. The molecule has 1 aliphatic heterocycles. The van der Waals surface area contributed by atoms with Crippen molar-refractivity contribution in [2.75, 3.05) is 19.0 Å². The molecule has 21 heavy (non-hydrogen) atoms. The summed E-state index contributed by atoms with van der Waals surface area (Å²) in [5.74, 6) is 0.881. The van der Waals surface area contributed by atoms with Crippen LogP contribution in [-0.2, 0) is 0 Å².